The van der Waals surface area contributed by atoms with Gasteiger partial charge < -0.3 is 4.72 Å². The van der Waals surface area contributed by atoms with Crippen LogP contribution in [0.15, 0.2) is 40.7 Å². The minimum absolute atomic E-state index is 0.365. The quantitative estimate of drug-likeness (QED) is 0.707. The maximum atomic E-state index is 13.7. The molecule has 2 heterocycles. The van der Waals surface area contributed by atoms with Crippen molar-refractivity contribution in [2.45, 2.75) is 11.8 Å². The summed E-state index contributed by atoms with van der Waals surface area (Å²) in [6.45, 7) is 1.93. The summed E-state index contributed by atoms with van der Waals surface area (Å²) in [5.74, 6) is 0.361. The van der Waals surface area contributed by atoms with E-state index in [0.29, 0.717) is 9.92 Å². The molecule has 2 aromatic heterocycles. The molecule has 0 unspecified atom stereocenters. The summed E-state index contributed by atoms with van der Waals surface area (Å²) in [5.41, 5.74) is 0.938. The van der Waals surface area contributed by atoms with E-state index >= 15 is 0 Å². The maximum Gasteiger partial charge on any atom is 0.212 e. The van der Waals surface area contributed by atoms with Gasteiger partial charge in [0, 0.05) is 16.5 Å². The maximum absolute atomic E-state index is 13.7. The van der Waals surface area contributed by atoms with E-state index in [1.54, 1.807) is 29.1 Å². The molecule has 3 aromatic rings. The van der Waals surface area contributed by atoms with E-state index in [1.165, 1.54) is 17.4 Å². The average Bonchev–Trinajstić information content (AvgIpc) is 3.06. The fraction of sp³-hybridized carbons (Fsp3) is 0.0769. The first-order valence-corrected chi connectivity index (χ1v) is 8.05. The molecule has 0 saturated carbocycles. The number of anilines is 1. The molecule has 0 bridgehead atoms. The fourth-order valence-electron chi connectivity index (χ4n) is 1.64. The fourth-order valence-corrected chi connectivity index (χ4v) is 3.23. The number of aryl methyl sites for hydroxylation is 1. The van der Waals surface area contributed by atoms with Gasteiger partial charge in [0.1, 0.15) is 11.6 Å². The highest BCUT2D eigenvalue weighted by Gasteiger charge is 2.10. The molecule has 108 valence electrons. The molecule has 4 nitrogen and oxygen atoms in total. The molecule has 1 N–H and O–H groups in total. The molecule has 1 aromatic carbocycles. The van der Waals surface area contributed by atoms with E-state index in [4.69, 9.17) is 11.6 Å². The largest absolute Gasteiger partial charge is 0.310 e. The highest BCUT2D eigenvalue weighted by molar-refractivity contribution is 8.00. The van der Waals surface area contributed by atoms with Crippen LogP contribution >= 0.6 is 34.9 Å². The van der Waals surface area contributed by atoms with Crippen LogP contribution in [0.4, 0.5) is 10.2 Å². The number of nitrogens with one attached hydrogen (secondary N) is 1. The zero-order chi connectivity index (χ0) is 14.8. The minimum Gasteiger partial charge on any atom is -0.310 e. The lowest BCUT2D eigenvalue weighted by molar-refractivity contribution is 0.602. The Labute approximate surface area is 134 Å². The Bertz CT molecular complexity index is 771. The van der Waals surface area contributed by atoms with Crippen molar-refractivity contribution in [1.29, 1.82) is 0 Å². The number of hydrogen-bond donors (Lipinski definition) is 1. The molecule has 0 fully saturated rings. The van der Waals surface area contributed by atoms with Crippen molar-refractivity contribution >= 4 is 40.7 Å². The number of benzene rings is 1. The molecule has 8 heteroatoms. The van der Waals surface area contributed by atoms with Crippen molar-refractivity contribution in [3.05, 3.63) is 52.4 Å². The molecular formula is C13H10ClFN4S2. The van der Waals surface area contributed by atoms with Crippen molar-refractivity contribution in [3.63, 3.8) is 0 Å². The van der Waals surface area contributed by atoms with Gasteiger partial charge in [0.25, 0.3) is 0 Å². The third kappa shape index (κ3) is 3.20. The van der Waals surface area contributed by atoms with Gasteiger partial charge in [-0.1, -0.05) is 11.6 Å². The van der Waals surface area contributed by atoms with Gasteiger partial charge in [-0.05, 0) is 37.1 Å². The molecular weight excluding hydrogens is 331 g/mol. The predicted octanol–water partition coefficient (Wildman–Crippen LogP) is 4.55. The van der Waals surface area contributed by atoms with Crippen molar-refractivity contribution in [2.75, 3.05) is 4.72 Å². The predicted molar refractivity (Wildman–Crippen MR) is 84.9 cm³/mol. The molecule has 0 spiro atoms. The van der Waals surface area contributed by atoms with Crippen LogP contribution in [0.1, 0.15) is 5.69 Å². The van der Waals surface area contributed by atoms with Crippen LogP contribution in [-0.4, -0.2) is 14.8 Å². The minimum atomic E-state index is -0.365. The zero-order valence-electron chi connectivity index (χ0n) is 10.9. The first-order valence-electron chi connectivity index (χ1n) is 5.98. The summed E-state index contributed by atoms with van der Waals surface area (Å²) in [7, 11) is 0. The lowest BCUT2D eigenvalue weighted by atomic mass is 10.3. The Morgan fingerprint density at radius 3 is 2.95 bits per heavy atom. The lowest BCUT2D eigenvalue weighted by Crippen LogP contribution is -2.01. The van der Waals surface area contributed by atoms with Crippen LogP contribution in [0.25, 0.3) is 5.13 Å². The van der Waals surface area contributed by atoms with Gasteiger partial charge in [-0.15, -0.1) is 11.3 Å². The Morgan fingerprint density at radius 2 is 2.24 bits per heavy atom. The van der Waals surface area contributed by atoms with E-state index in [0.717, 1.165) is 28.6 Å². The van der Waals surface area contributed by atoms with Gasteiger partial charge >= 0.3 is 0 Å². The second-order valence-corrected chi connectivity index (χ2v) is 6.30. The summed E-state index contributed by atoms with van der Waals surface area (Å²) in [6.07, 6.45) is 1.66. The summed E-state index contributed by atoms with van der Waals surface area (Å²) in [5, 5.41) is 7.31. The van der Waals surface area contributed by atoms with Crippen LogP contribution in [-0.2, 0) is 0 Å². The standard InChI is InChI=1S/C13H10ClFN4S2/c1-8-7-20-13(17-8)19-12(4-5-16-19)18-21-11-3-2-9(14)6-10(11)15/h2-7,18H,1H3. The Hall–Kier alpha value is -1.57. The average molecular weight is 341 g/mol. The summed E-state index contributed by atoms with van der Waals surface area (Å²) < 4.78 is 18.5. The molecule has 0 atom stereocenters. The van der Waals surface area contributed by atoms with Gasteiger partial charge in [-0.25, -0.2) is 9.37 Å². The summed E-state index contributed by atoms with van der Waals surface area (Å²) >= 11 is 8.39. The van der Waals surface area contributed by atoms with Crippen LogP contribution < -0.4 is 4.72 Å². The molecule has 21 heavy (non-hydrogen) atoms. The van der Waals surface area contributed by atoms with Crippen LogP contribution in [0.2, 0.25) is 5.02 Å². The summed E-state index contributed by atoms with van der Waals surface area (Å²) in [4.78, 5) is 4.84. The molecule has 0 aliphatic heterocycles. The van der Waals surface area contributed by atoms with Gasteiger partial charge in [-0.3, -0.25) is 0 Å². The second-order valence-electron chi connectivity index (χ2n) is 4.18. The van der Waals surface area contributed by atoms with E-state index in [1.807, 2.05) is 12.3 Å². The van der Waals surface area contributed by atoms with Crippen molar-refractivity contribution < 1.29 is 4.39 Å². The van der Waals surface area contributed by atoms with Gasteiger partial charge in [0.05, 0.1) is 16.8 Å². The van der Waals surface area contributed by atoms with E-state index in [2.05, 4.69) is 14.8 Å². The van der Waals surface area contributed by atoms with E-state index < -0.39 is 0 Å². The van der Waals surface area contributed by atoms with Crippen LogP contribution in [0.5, 0.6) is 0 Å². The number of rotatable bonds is 4. The lowest BCUT2D eigenvalue weighted by Gasteiger charge is -2.07. The Balaban J connectivity index is 1.79. The normalized spacial score (nSPS) is 10.8. The first kappa shape index (κ1) is 14.4. The highest BCUT2D eigenvalue weighted by Crippen LogP contribution is 2.27. The molecule has 0 aliphatic rings. The van der Waals surface area contributed by atoms with Crippen LogP contribution in [0, 0.1) is 12.7 Å². The van der Waals surface area contributed by atoms with Gasteiger partial charge in [0.2, 0.25) is 5.13 Å². The number of aromatic nitrogens is 3. The first-order chi connectivity index (χ1) is 10.1. The molecule has 0 aliphatic carbocycles. The van der Waals surface area contributed by atoms with Crippen molar-refractivity contribution in [3.8, 4) is 5.13 Å². The van der Waals surface area contributed by atoms with E-state index in [9.17, 15) is 4.39 Å². The van der Waals surface area contributed by atoms with Crippen LogP contribution in [0.3, 0.4) is 0 Å². The third-order valence-corrected chi connectivity index (χ3v) is 4.62. The highest BCUT2D eigenvalue weighted by atomic mass is 35.5. The van der Waals surface area contributed by atoms with Crippen molar-refractivity contribution in [2.24, 2.45) is 0 Å². The van der Waals surface area contributed by atoms with E-state index in [-0.39, 0.29) is 5.82 Å². The zero-order valence-corrected chi connectivity index (χ0v) is 13.3. The third-order valence-electron chi connectivity index (χ3n) is 2.59. The summed E-state index contributed by atoms with van der Waals surface area (Å²) in [6, 6.07) is 6.37. The molecule has 0 radical (unpaired) electrons. The molecule has 0 amide bonds. The Morgan fingerprint density at radius 1 is 1.38 bits per heavy atom. The van der Waals surface area contributed by atoms with Gasteiger partial charge in [0.15, 0.2) is 0 Å². The monoisotopic (exact) mass is 340 g/mol. The van der Waals surface area contributed by atoms with Gasteiger partial charge in [-0.2, -0.15) is 9.78 Å². The molecule has 3 rings (SSSR count). The SMILES string of the molecule is Cc1csc(-n2nccc2NSc2ccc(Cl)cc2F)n1. The number of thiazole rings is 1. The van der Waals surface area contributed by atoms with Crippen molar-refractivity contribution in [1.82, 2.24) is 14.8 Å². The topological polar surface area (TPSA) is 42.7 Å². The number of halogens is 2. The smallest absolute Gasteiger partial charge is 0.212 e. The second kappa shape index (κ2) is 6.05. The number of nitrogens with zero attached hydrogens (tertiary/aromatic N) is 3. The molecule has 0 saturated heterocycles. The number of hydrogen-bond acceptors (Lipinski definition) is 5. The Kier molecular flexibility index (Phi) is 4.14.